The van der Waals surface area contributed by atoms with Gasteiger partial charge in [-0.05, 0) is 38.3 Å². The van der Waals surface area contributed by atoms with Crippen LogP contribution in [0, 0.1) is 13.8 Å². The second-order valence-electron chi connectivity index (χ2n) is 13.4. The summed E-state index contributed by atoms with van der Waals surface area (Å²) in [6, 6.07) is 1.88. The Labute approximate surface area is 265 Å². The predicted molar refractivity (Wildman–Crippen MR) is 163 cm³/mol. The molecule has 1 unspecified atom stereocenters. The van der Waals surface area contributed by atoms with Gasteiger partial charge < -0.3 is 34.2 Å². The highest BCUT2D eigenvalue weighted by Gasteiger charge is 2.79. The fraction of sp³-hybridized carbons (Fsp3) is 0.576. The number of carbonyl (C=O) groups is 2. The summed E-state index contributed by atoms with van der Waals surface area (Å²) in [5.74, 6) is 3.15. The van der Waals surface area contributed by atoms with Crippen LogP contribution in [0.15, 0.2) is 6.07 Å². The van der Waals surface area contributed by atoms with E-state index in [0.717, 1.165) is 28.7 Å². The molecule has 4 fully saturated rings. The number of ketones is 1. The summed E-state index contributed by atoms with van der Waals surface area (Å²) < 4.78 is 35.8. The average Bonchev–Trinajstić information content (AvgIpc) is 3.63. The normalized spacial score (nSPS) is 36.1. The van der Waals surface area contributed by atoms with E-state index in [0.29, 0.717) is 40.1 Å². The van der Waals surface area contributed by atoms with Crippen molar-refractivity contribution in [3.8, 4) is 28.7 Å². The number of methoxy groups -OCH3 is 2. The molecule has 0 bridgehead atoms. The number of fused-ring (bicyclic) bond motifs is 11. The van der Waals surface area contributed by atoms with Gasteiger partial charge in [-0.1, -0.05) is 6.07 Å². The van der Waals surface area contributed by atoms with E-state index in [1.807, 2.05) is 6.92 Å². The first kappa shape index (κ1) is 28.2. The number of Topliss-reactive ketones (excluding diaryl/α,β-unsaturated/α-hetero) is 1. The van der Waals surface area contributed by atoms with Crippen molar-refractivity contribution in [1.82, 2.24) is 9.80 Å². The van der Waals surface area contributed by atoms with Crippen molar-refractivity contribution in [2.75, 3.05) is 33.6 Å². The third-order valence-electron chi connectivity index (χ3n) is 11.6. The van der Waals surface area contributed by atoms with E-state index in [1.54, 1.807) is 26.0 Å². The van der Waals surface area contributed by atoms with Crippen molar-refractivity contribution in [1.29, 1.82) is 0 Å². The summed E-state index contributed by atoms with van der Waals surface area (Å²) in [6.45, 7) is 7.77. The molecule has 1 aliphatic carbocycles. The highest BCUT2D eigenvalue weighted by Crippen LogP contribution is 2.77. The number of thioether (sulfide) groups is 1. The van der Waals surface area contributed by atoms with Gasteiger partial charge in [0, 0.05) is 71.5 Å². The van der Waals surface area contributed by atoms with Gasteiger partial charge in [0.25, 0.3) is 0 Å². The fourth-order valence-corrected chi connectivity index (χ4v) is 11.8. The van der Waals surface area contributed by atoms with Crippen LogP contribution in [-0.2, 0) is 19.7 Å². The molecule has 45 heavy (non-hydrogen) atoms. The zero-order chi connectivity index (χ0) is 31.3. The van der Waals surface area contributed by atoms with Crippen molar-refractivity contribution < 1.29 is 38.0 Å². The molecular weight excluding hydrogens is 598 g/mol. The molecule has 0 radical (unpaired) electrons. The van der Waals surface area contributed by atoms with Crippen LogP contribution in [0.25, 0.3) is 0 Å². The van der Waals surface area contributed by atoms with E-state index in [1.165, 1.54) is 12.5 Å². The number of hydrogen-bond acceptors (Lipinski definition) is 12. The Morgan fingerprint density at radius 2 is 1.91 bits per heavy atom. The Morgan fingerprint density at radius 3 is 2.64 bits per heavy atom. The van der Waals surface area contributed by atoms with Gasteiger partial charge in [-0.15, -0.1) is 0 Å². The number of nitrogens with two attached hydrogens (primary N) is 1. The number of esters is 1. The van der Waals surface area contributed by atoms with Crippen molar-refractivity contribution in [3.63, 3.8) is 0 Å². The van der Waals surface area contributed by atoms with E-state index < -0.39 is 17.4 Å². The second-order valence-corrected chi connectivity index (χ2v) is 14.6. The Balaban J connectivity index is 1.31. The van der Waals surface area contributed by atoms with Crippen LogP contribution < -0.4 is 29.4 Å². The topological polar surface area (TPSA) is 122 Å². The lowest BCUT2D eigenvalue weighted by Crippen LogP contribution is -2.67. The molecule has 9 atom stereocenters. The third kappa shape index (κ3) is 3.09. The fourth-order valence-electron chi connectivity index (χ4n) is 10.1. The minimum Gasteiger partial charge on any atom is -0.493 e. The van der Waals surface area contributed by atoms with Crippen LogP contribution in [0.2, 0.25) is 0 Å². The van der Waals surface area contributed by atoms with Gasteiger partial charge in [0.15, 0.2) is 35.6 Å². The van der Waals surface area contributed by atoms with Gasteiger partial charge in [-0.25, -0.2) is 0 Å². The van der Waals surface area contributed by atoms with E-state index in [9.17, 15) is 9.59 Å². The SMILES string of the molecule is COCOc1c(OC)c(C)cc2c1[C@H]1[C@@H]3[C@@H]4SC[C@H](N)C(=O)[C@@]45c4c(OC(C)=O)c(C)c6c(c4[C@@H]5N3[C@@H](C)[C@@H]3CC2N31)OCO6. The molecule has 2 aromatic rings. The standard InChI is InChI=1S/C33H37N3O8S/c1-12-7-16-19-8-18-14(3)35-24(23(36(18)19)20(16)28(25(12)40-6)41-10-39-5)32-33(31(38)17(34)9-45-32)22-21(30(33)35)29-27(42-11-43-29)13(2)26(22)44-15(4)37/h7,14,17-19,23-24,30,32H,8-11,34H2,1-6H3/t14-,17-,18-,19?,23-,24+,30-,32-,33-/m0/s1. The Hall–Kier alpha value is -3.03. The summed E-state index contributed by atoms with van der Waals surface area (Å²) in [6.07, 6.45) is 1.01. The van der Waals surface area contributed by atoms with Crippen molar-refractivity contribution in [3.05, 3.63) is 39.4 Å². The predicted octanol–water partition coefficient (Wildman–Crippen LogP) is 3.21. The van der Waals surface area contributed by atoms with Crippen LogP contribution in [0.5, 0.6) is 28.7 Å². The lowest BCUT2D eigenvalue weighted by molar-refractivity contribution is -0.138. The molecule has 11 nitrogen and oxygen atoms in total. The van der Waals surface area contributed by atoms with Crippen molar-refractivity contribution in [2.45, 2.75) is 87.1 Å². The monoisotopic (exact) mass is 635 g/mol. The molecule has 2 aromatic carbocycles. The molecule has 6 heterocycles. The Morgan fingerprint density at radius 1 is 1.13 bits per heavy atom. The van der Waals surface area contributed by atoms with Gasteiger partial charge in [0.2, 0.25) is 6.79 Å². The molecule has 7 aliphatic rings. The number of aryl methyl sites for hydroxylation is 1. The first-order chi connectivity index (χ1) is 21.7. The van der Waals surface area contributed by atoms with E-state index in [2.05, 4.69) is 29.7 Å². The van der Waals surface area contributed by atoms with Gasteiger partial charge in [0.05, 0.1) is 30.7 Å². The second kappa shape index (κ2) is 9.28. The molecular formula is C33H37N3O8S. The Bertz CT molecular complexity index is 1720. The minimum absolute atomic E-state index is 0.00600. The maximum Gasteiger partial charge on any atom is 0.308 e. The summed E-state index contributed by atoms with van der Waals surface area (Å²) in [4.78, 5) is 32.6. The number of nitrogens with zero attached hydrogens (tertiary/aromatic N) is 2. The van der Waals surface area contributed by atoms with E-state index in [-0.39, 0.29) is 60.9 Å². The summed E-state index contributed by atoms with van der Waals surface area (Å²) in [5.41, 5.74) is 11.4. The first-order valence-electron chi connectivity index (χ1n) is 15.6. The summed E-state index contributed by atoms with van der Waals surface area (Å²) in [7, 11) is 3.29. The van der Waals surface area contributed by atoms with Gasteiger partial charge >= 0.3 is 5.97 Å². The molecule has 1 spiro atoms. The summed E-state index contributed by atoms with van der Waals surface area (Å²) >= 11 is 1.77. The number of benzene rings is 2. The van der Waals surface area contributed by atoms with Gasteiger partial charge in [0.1, 0.15) is 5.75 Å². The maximum atomic E-state index is 14.8. The maximum absolute atomic E-state index is 14.8. The van der Waals surface area contributed by atoms with Crippen molar-refractivity contribution >= 4 is 23.5 Å². The molecule has 0 aromatic heterocycles. The highest BCUT2D eigenvalue weighted by atomic mass is 32.2. The first-order valence-corrected chi connectivity index (χ1v) is 16.7. The molecule has 0 amide bonds. The van der Waals surface area contributed by atoms with E-state index in [4.69, 9.17) is 34.2 Å². The van der Waals surface area contributed by atoms with Crippen LogP contribution in [-0.4, -0.2) is 84.5 Å². The van der Waals surface area contributed by atoms with E-state index >= 15 is 0 Å². The zero-order valence-electron chi connectivity index (χ0n) is 26.2. The molecule has 0 saturated carbocycles. The Kier molecular flexibility index (Phi) is 5.82. The average molecular weight is 636 g/mol. The van der Waals surface area contributed by atoms with Crippen LogP contribution in [0.3, 0.4) is 0 Å². The number of carbonyl (C=O) groups excluding carboxylic acids is 2. The number of hydrogen-bond donors (Lipinski definition) is 1. The van der Waals surface area contributed by atoms with Gasteiger partial charge in [-0.3, -0.25) is 19.4 Å². The van der Waals surface area contributed by atoms with Gasteiger partial charge in [-0.2, -0.15) is 11.8 Å². The number of rotatable bonds is 5. The number of ether oxygens (including phenoxy) is 6. The lowest BCUT2D eigenvalue weighted by atomic mass is 9.55. The van der Waals surface area contributed by atoms with Crippen LogP contribution in [0.4, 0.5) is 0 Å². The van der Waals surface area contributed by atoms with Crippen LogP contribution in [0.1, 0.15) is 71.8 Å². The number of piperazine rings is 1. The molecule has 6 aliphatic heterocycles. The molecule has 12 heteroatoms. The third-order valence-corrected chi connectivity index (χ3v) is 13.1. The summed E-state index contributed by atoms with van der Waals surface area (Å²) in [5, 5.41) is -0.153. The minimum atomic E-state index is -0.974. The highest BCUT2D eigenvalue weighted by molar-refractivity contribution is 8.00. The van der Waals surface area contributed by atoms with Crippen LogP contribution >= 0.6 is 11.8 Å². The quantitative estimate of drug-likeness (QED) is 0.295. The zero-order valence-corrected chi connectivity index (χ0v) is 27.0. The molecule has 4 saturated heterocycles. The lowest BCUT2D eigenvalue weighted by Gasteiger charge is -2.61. The molecule has 2 N–H and O–H groups in total. The molecule has 9 rings (SSSR count). The smallest absolute Gasteiger partial charge is 0.308 e. The molecule has 238 valence electrons. The largest absolute Gasteiger partial charge is 0.493 e. The van der Waals surface area contributed by atoms with Crippen molar-refractivity contribution in [2.24, 2.45) is 5.73 Å².